The molecule has 1 saturated heterocycles. The monoisotopic (exact) mass is 581 g/mol. The number of carbonyl (C=O) groups excluding carboxylic acids is 4. The van der Waals surface area contributed by atoms with E-state index in [1.807, 2.05) is 0 Å². The summed E-state index contributed by atoms with van der Waals surface area (Å²) in [5, 5.41) is 5.07. The molecule has 0 spiro atoms. The van der Waals surface area contributed by atoms with Gasteiger partial charge in [0.15, 0.2) is 0 Å². The smallest absolute Gasteiger partial charge is 0.411 e. The summed E-state index contributed by atoms with van der Waals surface area (Å²) in [5.74, 6) is -0.751. The molecule has 2 N–H and O–H groups in total. The highest BCUT2D eigenvalue weighted by atomic mass is 35.5. The number of rotatable bonds is 7. The molecule has 212 valence electrons. The Labute approximate surface area is 239 Å². The minimum atomic E-state index is -0.754. The Morgan fingerprint density at radius 1 is 1.15 bits per heavy atom. The molecule has 41 heavy (non-hydrogen) atoms. The van der Waals surface area contributed by atoms with Crippen molar-refractivity contribution in [3.63, 3.8) is 0 Å². The first-order chi connectivity index (χ1) is 19.6. The zero-order chi connectivity index (χ0) is 29.3. The maximum atomic E-state index is 13.3. The molecule has 1 atom stereocenters. The highest BCUT2D eigenvalue weighted by molar-refractivity contribution is 6.32. The second-order valence-corrected chi connectivity index (χ2v) is 9.95. The fourth-order valence-corrected chi connectivity index (χ4v) is 5.03. The van der Waals surface area contributed by atoms with Gasteiger partial charge in [0.05, 0.1) is 17.7 Å². The zero-order valence-corrected chi connectivity index (χ0v) is 22.8. The number of methoxy groups -OCH3 is 1. The minimum absolute atomic E-state index is 0.126. The van der Waals surface area contributed by atoms with Crippen molar-refractivity contribution in [2.24, 2.45) is 0 Å². The van der Waals surface area contributed by atoms with Crippen LogP contribution in [0.4, 0.5) is 14.9 Å². The number of hydrogen-bond donors (Lipinski definition) is 2. The van der Waals surface area contributed by atoms with Crippen LogP contribution < -0.4 is 20.1 Å². The normalized spacial score (nSPS) is 16.2. The standard InChI is InChI=1S/C29H25ClFN3O7/c1-15-11-19(41-23-9-5-18(31)12-20(23)30)6-7-21(15)32-29(38)40-14-17-4-3-16-13-34(28(37)25(16)26(17)39-2)22-8-10-24(35)33-27(22)36/h3-7,9,11-12,22H,8,10,13-14H2,1-2H3,(H,32,38)(H,33,35,36). The Balaban J connectivity index is 1.23. The van der Waals surface area contributed by atoms with Crippen molar-refractivity contribution < 1.29 is 37.8 Å². The number of nitrogens with zero attached hydrogens (tertiary/aromatic N) is 1. The number of benzene rings is 3. The van der Waals surface area contributed by atoms with Gasteiger partial charge in [0.1, 0.15) is 35.7 Å². The number of fused-ring (bicyclic) bond motifs is 1. The van der Waals surface area contributed by atoms with Gasteiger partial charge in [-0.1, -0.05) is 23.7 Å². The van der Waals surface area contributed by atoms with E-state index in [9.17, 15) is 23.6 Å². The Hall–Kier alpha value is -4.64. The number of nitrogens with one attached hydrogen (secondary N) is 2. The average molecular weight is 582 g/mol. The van der Waals surface area contributed by atoms with Crippen molar-refractivity contribution in [1.29, 1.82) is 0 Å². The number of hydrogen-bond acceptors (Lipinski definition) is 7. The highest BCUT2D eigenvalue weighted by Gasteiger charge is 2.41. The van der Waals surface area contributed by atoms with E-state index in [4.69, 9.17) is 25.8 Å². The molecule has 2 heterocycles. The van der Waals surface area contributed by atoms with Crippen LogP contribution in [-0.2, 0) is 27.5 Å². The summed E-state index contributed by atoms with van der Waals surface area (Å²) in [6.07, 6.45) is -0.336. The summed E-state index contributed by atoms with van der Waals surface area (Å²) in [4.78, 5) is 51.2. The lowest BCUT2D eigenvalue weighted by molar-refractivity contribution is -0.136. The molecule has 3 aromatic carbocycles. The lowest BCUT2D eigenvalue weighted by atomic mass is 10.0. The molecule has 3 aromatic rings. The number of carbonyl (C=O) groups is 4. The molecule has 12 heteroatoms. The predicted molar refractivity (Wildman–Crippen MR) is 146 cm³/mol. The number of piperidine rings is 1. The van der Waals surface area contributed by atoms with Gasteiger partial charge in [-0.3, -0.25) is 25.0 Å². The van der Waals surface area contributed by atoms with Crippen LogP contribution in [0.2, 0.25) is 5.02 Å². The summed E-state index contributed by atoms with van der Waals surface area (Å²) in [6.45, 7) is 1.78. The van der Waals surface area contributed by atoms with E-state index in [0.717, 1.165) is 6.07 Å². The minimum Gasteiger partial charge on any atom is -0.495 e. The van der Waals surface area contributed by atoms with E-state index in [0.29, 0.717) is 33.7 Å². The second-order valence-electron chi connectivity index (χ2n) is 9.55. The van der Waals surface area contributed by atoms with Crippen molar-refractivity contribution in [3.8, 4) is 17.2 Å². The number of halogens is 2. The number of imide groups is 1. The lowest BCUT2D eigenvalue weighted by Crippen LogP contribution is -2.52. The third-order valence-corrected chi connectivity index (χ3v) is 7.14. The van der Waals surface area contributed by atoms with Crippen molar-refractivity contribution in [2.75, 3.05) is 12.4 Å². The van der Waals surface area contributed by atoms with Gasteiger partial charge in [0, 0.05) is 24.2 Å². The van der Waals surface area contributed by atoms with Crippen molar-refractivity contribution >= 4 is 41.1 Å². The topological polar surface area (TPSA) is 123 Å². The van der Waals surface area contributed by atoms with E-state index in [1.165, 1.54) is 24.1 Å². The molecular weight excluding hydrogens is 557 g/mol. The molecule has 5 rings (SSSR count). The van der Waals surface area contributed by atoms with Gasteiger partial charge in [-0.05, 0) is 60.9 Å². The first-order valence-corrected chi connectivity index (χ1v) is 13.0. The van der Waals surface area contributed by atoms with Crippen LogP contribution in [-0.4, -0.2) is 41.9 Å². The Morgan fingerprint density at radius 2 is 1.95 bits per heavy atom. The number of amides is 4. The van der Waals surface area contributed by atoms with Gasteiger partial charge in [-0.2, -0.15) is 0 Å². The molecule has 1 unspecified atom stereocenters. The SMILES string of the molecule is COc1c(COC(=O)Nc2ccc(Oc3ccc(F)cc3Cl)cc2C)ccc2c1C(=O)N(C1CCC(=O)NC1=O)C2. The first kappa shape index (κ1) is 27.9. The second kappa shape index (κ2) is 11.5. The summed E-state index contributed by atoms with van der Waals surface area (Å²) in [5.41, 5.74) is 2.59. The van der Waals surface area contributed by atoms with Crippen LogP contribution in [0.1, 0.15) is 39.9 Å². The molecule has 10 nitrogen and oxygen atoms in total. The van der Waals surface area contributed by atoms with E-state index in [-0.39, 0.29) is 48.4 Å². The molecule has 0 aromatic heterocycles. The molecule has 0 bridgehead atoms. The number of anilines is 1. The summed E-state index contributed by atoms with van der Waals surface area (Å²) in [7, 11) is 1.41. The van der Waals surface area contributed by atoms with Crippen molar-refractivity contribution in [2.45, 2.75) is 39.0 Å². The van der Waals surface area contributed by atoms with E-state index in [2.05, 4.69) is 10.6 Å². The fourth-order valence-electron chi connectivity index (χ4n) is 4.82. The molecule has 0 aliphatic carbocycles. The van der Waals surface area contributed by atoms with Crippen LogP contribution in [0.5, 0.6) is 17.2 Å². The van der Waals surface area contributed by atoms with Crippen LogP contribution in [0.3, 0.4) is 0 Å². The average Bonchev–Trinajstić information content (AvgIpc) is 3.26. The van der Waals surface area contributed by atoms with E-state index < -0.39 is 29.8 Å². The van der Waals surface area contributed by atoms with Crippen LogP contribution >= 0.6 is 11.6 Å². The van der Waals surface area contributed by atoms with Crippen LogP contribution in [0.25, 0.3) is 0 Å². The van der Waals surface area contributed by atoms with Gasteiger partial charge in [-0.15, -0.1) is 0 Å². The Morgan fingerprint density at radius 3 is 2.66 bits per heavy atom. The maximum absolute atomic E-state index is 13.3. The molecular formula is C29H25ClFN3O7. The van der Waals surface area contributed by atoms with E-state index >= 15 is 0 Å². The third kappa shape index (κ3) is 5.80. The fraction of sp³-hybridized carbons (Fsp3) is 0.241. The molecule has 0 saturated carbocycles. The number of aryl methyl sites for hydroxylation is 1. The van der Waals surface area contributed by atoms with Gasteiger partial charge in [0.2, 0.25) is 11.8 Å². The third-order valence-electron chi connectivity index (χ3n) is 6.85. The first-order valence-electron chi connectivity index (χ1n) is 12.7. The van der Waals surface area contributed by atoms with Gasteiger partial charge >= 0.3 is 6.09 Å². The molecule has 0 radical (unpaired) electrons. The largest absolute Gasteiger partial charge is 0.495 e. The van der Waals surface area contributed by atoms with E-state index in [1.54, 1.807) is 37.3 Å². The lowest BCUT2D eigenvalue weighted by Gasteiger charge is -2.29. The molecule has 4 amide bonds. The van der Waals surface area contributed by atoms with Crippen molar-refractivity contribution in [1.82, 2.24) is 10.2 Å². The summed E-state index contributed by atoms with van der Waals surface area (Å²) in [6, 6.07) is 11.4. The molecule has 2 aliphatic rings. The van der Waals surface area contributed by atoms with Gasteiger partial charge < -0.3 is 19.1 Å². The Bertz CT molecular complexity index is 1580. The van der Waals surface area contributed by atoms with Crippen LogP contribution in [0.15, 0.2) is 48.5 Å². The maximum Gasteiger partial charge on any atom is 0.411 e. The van der Waals surface area contributed by atoms with Crippen molar-refractivity contribution in [3.05, 3.63) is 81.6 Å². The van der Waals surface area contributed by atoms with Crippen LogP contribution in [0, 0.1) is 12.7 Å². The molecule has 1 fully saturated rings. The summed E-state index contributed by atoms with van der Waals surface area (Å²) < 4.78 is 29.9. The molecule has 2 aliphatic heterocycles. The number of ether oxygens (including phenoxy) is 3. The highest BCUT2D eigenvalue weighted by Crippen LogP contribution is 2.36. The predicted octanol–water partition coefficient (Wildman–Crippen LogP) is 5.10. The Kier molecular flexibility index (Phi) is 7.80. The zero-order valence-electron chi connectivity index (χ0n) is 22.1. The summed E-state index contributed by atoms with van der Waals surface area (Å²) >= 11 is 6.02. The quantitative estimate of drug-likeness (QED) is 0.372. The van der Waals surface area contributed by atoms with Gasteiger partial charge in [-0.25, -0.2) is 9.18 Å². The van der Waals surface area contributed by atoms with Gasteiger partial charge in [0.25, 0.3) is 5.91 Å².